The summed E-state index contributed by atoms with van der Waals surface area (Å²) < 4.78 is 0. The highest BCUT2D eigenvalue weighted by molar-refractivity contribution is 6.30. The number of amidine groups is 2. The maximum atomic E-state index is 9.11. The molecule has 1 fully saturated rings. The van der Waals surface area contributed by atoms with Gasteiger partial charge < -0.3 is 10.3 Å². The molecule has 0 unspecified atom stereocenters. The summed E-state index contributed by atoms with van der Waals surface area (Å²) in [5, 5.41) is 22.8. The molecule has 0 bridgehead atoms. The Hall–Kier alpha value is -4.75. The number of nitrogens with one attached hydrogen (secondary N) is 4. The summed E-state index contributed by atoms with van der Waals surface area (Å²) in [5.74, 6) is 1.73. The molecule has 3 aromatic carbocycles. The summed E-state index contributed by atoms with van der Waals surface area (Å²) in [7, 11) is 0. The minimum Gasteiger partial charge on any atom is -0.361 e. The van der Waals surface area contributed by atoms with Gasteiger partial charge in [0.2, 0.25) is 0 Å². The van der Waals surface area contributed by atoms with Crippen LogP contribution < -0.4 is 10.2 Å². The van der Waals surface area contributed by atoms with Crippen LogP contribution in [-0.2, 0) is 6.54 Å². The Morgan fingerprint density at radius 3 is 2.52 bits per heavy atom. The second kappa shape index (κ2) is 10.1. The van der Waals surface area contributed by atoms with Crippen LogP contribution in [0.2, 0.25) is 0 Å². The normalized spacial score (nSPS) is 15.8. The average molecular weight is 526 g/mol. The van der Waals surface area contributed by atoms with Gasteiger partial charge in [0.1, 0.15) is 11.7 Å². The van der Waals surface area contributed by atoms with E-state index in [0.717, 1.165) is 49.3 Å². The Balaban J connectivity index is 1.05. The maximum absolute atomic E-state index is 9.11. The molecule has 5 aromatic rings. The molecule has 4 N–H and O–H groups in total. The highest BCUT2D eigenvalue weighted by Gasteiger charge is 2.28. The third kappa shape index (κ3) is 4.34. The number of pyridine rings is 1. The first-order valence-corrected chi connectivity index (χ1v) is 13.8. The number of aromatic nitrogens is 2. The van der Waals surface area contributed by atoms with Gasteiger partial charge in [-0.1, -0.05) is 54.6 Å². The maximum Gasteiger partial charge on any atom is 0.154 e. The number of likely N-dealkylation sites (tertiary alicyclic amines) is 1. The van der Waals surface area contributed by atoms with E-state index in [1.54, 1.807) is 11.1 Å². The summed E-state index contributed by atoms with van der Waals surface area (Å²) in [4.78, 5) is 12.1. The summed E-state index contributed by atoms with van der Waals surface area (Å²) in [6.07, 6.45) is 6.24. The molecule has 0 radical (unpaired) electrons. The van der Waals surface area contributed by atoms with Gasteiger partial charge in [-0.15, -0.1) is 0 Å². The molecule has 7 nitrogen and oxygen atoms in total. The molecule has 2 aliphatic rings. The minimum atomic E-state index is 0.252. The smallest absolute Gasteiger partial charge is 0.154 e. The molecule has 7 heteroatoms. The number of nitrogens with zero attached hydrogens (tertiary/aromatic N) is 3. The zero-order chi connectivity index (χ0) is 27.1. The van der Waals surface area contributed by atoms with Crippen LogP contribution in [0.15, 0.2) is 97.3 Å². The fraction of sp³-hybridized carbons (Fsp3) is 0.182. The average Bonchev–Trinajstić information content (AvgIpc) is 3.38. The van der Waals surface area contributed by atoms with E-state index in [-0.39, 0.29) is 11.7 Å². The number of rotatable bonds is 4. The number of anilines is 3. The van der Waals surface area contributed by atoms with Gasteiger partial charge in [-0.05, 0) is 73.3 Å². The topological polar surface area (TPSA) is 94.9 Å². The molecule has 2 aromatic heterocycles. The molecule has 1 saturated heterocycles. The van der Waals surface area contributed by atoms with Crippen LogP contribution >= 0.6 is 0 Å². The highest BCUT2D eigenvalue weighted by atomic mass is 15.2. The lowest BCUT2D eigenvalue weighted by molar-refractivity contribution is 0.205. The van der Waals surface area contributed by atoms with E-state index >= 15 is 0 Å². The molecule has 0 spiro atoms. The van der Waals surface area contributed by atoms with Crippen LogP contribution in [0.1, 0.15) is 41.0 Å². The first-order valence-electron chi connectivity index (χ1n) is 13.8. The third-order valence-electron chi connectivity index (χ3n) is 8.19. The molecule has 198 valence electrons. The lowest BCUT2D eigenvalue weighted by Crippen LogP contribution is -2.36. The first kappa shape index (κ1) is 24.3. The van der Waals surface area contributed by atoms with Crippen molar-refractivity contribution < 1.29 is 0 Å². The van der Waals surface area contributed by atoms with Gasteiger partial charge in [-0.2, -0.15) is 0 Å². The Morgan fingerprint density at radius 2 is 1.68 bits per heavy atom. The van der Waals surface area contributed by atoms with Crippen molar-refractivity contribution in [1.82, 2.24) is 14.9 Å². The molecule has 7 rings (SSSR count). The Kier molecular flexibility index (Phi) is 6.13. The predicted molar refractivity (Wildman–Crippen MR) is 162 cm³/mol. The Morgan fingerprint density at radius 1 is 0.900 bits per heavy atom. The fourth-order valence-corrected chi connectivity index (χ4v) is 6.06. The van der Waals surface area contributed by atoms with Crippen molar-refractivity contribution in [3.05, 3.63) is 120 Å². The first-order chi connectivity index (χ1) is 19.7. The number of hydrogen-bond donors (Lipinski definition) is 4. The van der Waals surface area contributed by atoms with Gasteiger partial charge >= 0.3 is 0 Å². The van der Waals surface area contributed by atoms with Gasteiger partial charge in [0.05, 0.1) is 11.4 Å². The van der Waals surface area contributed by atoms with E-state index in [1.165, 1.54) is 22.0 Å². The zero-order valence-electron chi connectivity index (χ0n) is 22.2. The number of H-pyrrole nitrogens is 1. The summed E-state index contributed by atoms with van der Waals surface area (Å²) in [6, 6.07) is 28.3. The second-order valence-electron chi connectivity index (χ2n) is 10.6. The summed E-state index contributed by atoms with van der Waals surface area (Å²) >= 11 is 0. The van der Waals surface area contributed by atoms with Crippen LogP contribution in [0, 0.1) is 10.8 Å². The monoisotopic (exact) mass is 525 g/mol. The lowest BCUT2D eigenvalue weighted by Gasteiger charge is -2.32. The number of aromatic amines is 1. The molecule has 0 saturated carbocycles. The van der Waals surface area contributed by atoms with Crippen LogP contribution in [-0.4, -0.2) is 39.6 Å². The standard InChI is InChI=1S/C33H31N7/c34-31(40-30-10-5-17-36-33(30)38-29-9-4-2-7-26(29)32(40)35)24-13-11-22(12-14-24)21-39-18-15-23(16-19-39)27-20-37-28-8-3-1-6-25(27)28/h1-14,17,20,23,34-35,37H,15-16,18-19,21H2,(H,36,38). The molecular weight excluding hydrogens is 494 g/mol. The van der Waals surface area contributed by atoms with Crippen molar-refractivity contribution >= 4 is 39.8 Å². The summed E-state index contributed by atoms with van der Waals surface area (Å²) in [5.41, 5.74) is 6.91. The minimum absolute atomic E-state index is 0.252. The number of fused-ring (bicyclic) bond motifs is 3. The van der Waals surface area contributed by atoms with E-state index in [9.17, 15) is 0 Å². The number of piperidine rings is 1. The third-order valence-corrected chi connectivity index (χ3v) is 8.19. The van der Waals surface area contributed by atoms with Crippen LogP contribution in [0.3, 0.4) is 0 Å². The molecule has 0 aliphatic carbocycles. The van der Waals surface area contributed by atoms with Gasteiger partial charge in [-0.25, -0.2) is 4.98 Å². The van der Waals surface area contributed by atoms with Crippen molar-refractivity contribution in [3.8, 4) is 0 Å². The fourth-order valence-electron chi connectivity index (χ4n) is 6.06. The molecule has 2 aliphatic heterocycles. The van der Waals surface area contributed by atoms with Gasteiger partial charge in [0.25, 0.3) is 0 Å². The number of benzene rings is 3. The van der Waals surface area contributed by atoms with Crippen molar-refractivity contribution in [2.75, 3.05) is 23.3 Å². The van der Waals surface area contributed by atoms with Crippen LogP contribution in [0.5, 0.6) is 0 Å². The second-order valence-corrected chi connectivity index (χ2v) is 10.6. The van der Waals surface area contributed by atoms with Gasteiger partial charge in [0, 0.05) is 41.0 Å². The van der Waals surface area contributed by atoms with E-state index in [4.69, 9.17) is 10.8 Å². The largest absolute Gasteiger partial charge is 0.361 e. The molecule has 0 atom stereocenters. The lowest BCUT2D eigenvalue weighted by atomic mass is 9.89. The SMILES string of the molecule is N=C(c1ccc(CN2CCC(c3c[nH]c4ccccc34)CC2)cc1)N1C(=N)c2ccccc2Nc2ncccc21. The van der Waals surface area contributed by atoms with Gasteiger partial charge in [0.15, 0.2) is 5.82 Å². The van der Waals surface area contributed by atoms with E-state index in [1.807, 2.05) is 48.5 Å². The molecule has 40 heavy (non-hydrogen) atoms. The van der Waals surface area contributed by atoms with E-state index in [2.05, 4.69) is 62.8 Å². The Bertz CT molecular complexity index is 1710. The van der Waals surface area contributed by atoms with Crippen molar-refractivity contribution in [2.24, 2.45) is 0 Å². The molecule has 0 amide bonds. The van der Waals surface area contributed by atoms with Gasteiger partial charge in [-0.3, -0.25) is 20.6 Å². The van der Waals surface area contributed by atoms with Crippen LogP contribution in [0.25, 0.3) is 10.9 Å². The van der Waals surface area contributed by atoms with Crippen molar-refractivity contribution in [2.45, 2.75) is 25.3 Å². The Labute approximate surface area is 233 Å². The number of para-hydroxylation sites is 2. The molecular formula is C33H31N7. The highest BCUT2D eigenvalue weighted by Crippen LogP contribution is 2.36. The number of hydrogen-bond acceptors (Lipinski definition) is 5. The van der Waals surface area contributed by atoms with E-state index in [0.29, 0.717) is 17.4 Å². The van der Waals surface area contributed by atoms with Crippen molar-refractivity contribution in [1.29, 1.82) is 10.8 Å². The molecule has 4 heterocycles. The summed E-state index contributed by atoms with van der Waals surface area (Å²) in [6.45, 7) is 3.05. The zero-order valence-corrected chi connectivity index (χ0v) is 22.2. The predicted octanol–water partition coefficient (Wildman–Crippen LogP) is 6.86. The quantitative estimate of drug-likeness (QED) is 0.152. The van der Waals surface area contributed by atoms with E-state index < -0.39 is 0 Å². The van der Waals surface area contributed by atoms with Crippen molar-refractivity contribution in [3.63, 3.8) is 0 Å². The van der Waals surface area contributed by atoms with Crippen LogP contribution in [0.4, 0.5) is 17.2 Å².